The molecule has 15 heavy (non-hydrogen) atoms. The minimum absolute atomic E-state index is 0.449. The predicted molar refractivity (Wildman–Crippen MR) is 56.8 cm³/mol. The SMILES string of the molecule is CNCCCCC(NC(=O)NC)C(=O)O. The van der Waals surface area contributed by atoms with Crippen molar-refractivity contribution in [2.75, 3.05) is 20.6 Å². The molecule has 1 atom stereocenters. The molecular formula is C9H19N3O3. The number of urea groups is 1. The number of nitrogens with one attached hydrogen (secondary N) is 3. The molecule has 6 heteroatoms. The zero-order valence-electron chi connectivity index (χ0n) is 9.17. The molecule has 88 valence electrons. The Bertz CT molecular complexity index is 209. The summed E-state index contributed by atoms with van der Waals surface area (Å²) >= 11 is 0. The highest BCUT2D eigenvalue weighted by molar-refractivity contribution is 5.82. The lowest BCUT2D eigenvalue weighted by Crippen LogP contribution is -2.44. The number of unbranched alkanes of at least 4 members (excludes halogenated alkanes) is 1. The topological polar surface area (TPSA) is 90.5 Å². The normalized spacial score (nSPS) is 11.9. The maximum Gasteiger partial charge on any atom is 0.326 e. The second-order valence-corrected chi connectivity index (χ2v) is 3.21. The van der Waals surface area contributed by atoms with Crippen LogP contribution in [0.4, 0.5) is 4.79 Å². The van der Waals surface area contributed by atoms with Crippen LogP contribution >= 0.6 is 0 Å². The summed E-state index contributed by atoms with van der Waals surface area (Å²) in [7, 11) is 3.30. The van der Waals surface area contributed by atoms with Gasteiger partial charge in [0.25, 0.3) is 0 Å². The molecule has 0 spiro atoms. The maximum atomic E-state index is 10.9. The highest BCUT2D eigenvalue weighted by Gasteiger charge is 2.18. The minimum Gasteiger partial charge on any atom is -0.480 e. The van der Waals surface area contributed by atoms with Gasteiger partial charge in [-0.15, -0.1) is 0 Å². The first kappa shape index (κ1) is 13.7. The van der Waals surface area contributed by atoms with Gasteiger partial charge in [-0.25, -0.2) is 9.59 Å². The molecule has 0 aromatic heterocycles. The molecule has 0 fully saturated rings. The third-order valence-electron chi connectivity index (χ3n) is 2.00. The summed E-state index contributed by atoms with van der Waals surface area (Å²) in [4.78, 5) is 21.7. The van der Waals surface area contributed by atoms with Crippen molar-refractivity contribution in [3.8, 4) is 0 Å². The second-order valence-electron chi connectivity index (χ2n) is 3.21. The van der Waals surface area contributed by atoms with Crippen molar-refractivity contribution < 1.29 is 14.7 Å². The molecule has 0 heterocycles. The number of hydrogen-bond donors (Lipinski definition) is 4. The molecule has 1 unspecified atom stereocenters. The standard InChI is InChI=1S/C9H19N3O3/c1-10-6-4-3-5-7(8(13)14)12-9(15)11-2/h7,10H,3-6H2,1-2H3,(H,13,14)(H2,11,12,15). The molecule has 0 aliphatic rings. The first-order valence-corrected chi connectivity index (χ1v) is 4.97. The Morgan fingerprint density at radius 1 is 1.27 bits per heavy atom. The van der Waals surface area contributed by atoms with Crippen LogP contribution < -0.4 is 16.0 Å². The molecule has 0 rings (SSSR count). The first-order valence-electron chi connectivity index (χ1n) is 4.97. The Morgan fingerprint density at radius 2 is 1.93 bits per heavy atom. The second kappa shape index (κ2) is 8.05. The van der Waals surface area contributed by atoms with Crippen LogP contribution in [0.3, 0.4) is 0 Å². The van der Waals surface area contributed by atoms with Crippen molar-refractivity contribution in [1.29, 1.82) is 0 Å². The fourth-order valence-electron chi connectivity index (χ4n) is 1.14. The molecule has 0 bridgehead atoms. The van der Waals surface area contributed by atoms with Crippen LogP contribution in [0.2, 0.25) is 0 Å². The van der Waals surface area contributed by atoms with Crippen molar-refractivity contribution in [1.82, 2.24) is 16.0 Å². The number of carboxylic acid groups (broad SMARTS) is 1. The number of carboxylic acids is 1. The molecule has 0 saturated heterocycles. The van der Waals surface area contributed by atoms with E-state index in [4.69, 9.17) is 5.11 Å². The summed E-state index contributed by atoms with van der Waals surface area (Å²) in [6.45, 7) is 0.853. The lowest BCUT2D eigenvalue weighted by molar-refractivity contribution is -0.139. The predicted octanol–water partition coefficient (Wildman–Crippen LogP) is -0.242. The van der Waals surface area contributed by atoms with Gasteiger partial charge in [-0.3, -0.25) is 0 Å². The van der Waals surface area contributed by atoms with Crippen LogP contribution in [0.15, 0.2) is 0 Å². The van der Waals surface area contributed by atoms with E-state index >= 15 is 0 Å². The lowest BCUT2D eigenvalue weighted by Gasteiger charge is -2.13. The molecule has 0 aromatic rings. The zero-order valence-corrected chi connectivity index (χ0v) is 9.17. The Morgan fingerprint density at radius 3 is 2.40 bits per heavy atom. The van der Waals surface area contributed by atoms with Gasteiger partial charge in [0.1, 0.15) is 6.04 Å². The smallest absolute Gasteiger partial charge is 0.326 e. The Kier molecular flexibility index (Phi) is 7.35. The van der Waals surface area contributed by atoms with E-state index in [1.165, 1.54) is 7.05 Å². The summed E-state index contributed by atoms with van der Waals surface area (Å²) in [6, 6.07) is -1.27. The highest BCUT2D eigenvalue weighted by Crippen LogP contribution is 2.00. The molecule has 2 amide bonds. The van der Waals surface area contributed by atoms with Gasteiger partial charge in [0, 0.05) is 7.05 Å². The fraction of sp³-hybridized carbons (Fsp3) is 0.778. The number of hydrogen-bond acceptors (Lipinski definition) is 3. The van der Waals surface area contributed by atoms with Gasteiger partial charge in [-0.2, -0.15) is 0 Å². The van der Waals surface area contributed by atoms with E-state index in [2.05, 4.69) is 16.0 Å². The summed E-state index contributed by atoms with van der Waals surface area (Å²) < 4.78 is 0. The monoisotopic (exact) mass is 217 g/mol. The van der Waals surface area contributed by atoms with Crippen molar-refractivity contribution in [3.63, 3.8) is 0 Å². The summed E-state index contributed by atoms with van der Waals surface area (Å²) in [5.41, 5.74) is 0. The van der Waals surface area contributed by atoms with Gasteiger partial charge in [-0.05, 0) is 32.9 Å². The van der Waals surface area contributed by atoms with Gasteiger partial charge in [0.15, 0.2) is 0 Å². The van der Waals surface area contributed by atoms with E-state index in [0.717, 1.165) is 19.4 Å². The van der Waals surface area contributed by atoms with E-state index in [1.54, 1.807) is 0 Å². The lowest BCUT2D eigenvalue weighted by atomic mass is 10.1. The van der Waals surface area contributed by atoms with E-state index in [0.29, 0.717) is 6.42 Å². The van der Waals surface area contributed by atoms with Gasteiger partial charge >= 0.3 is 12.0 Å². The number of carbonyl (C=O) groups is 2. The number of aliphatic carboxylic acids is 1. The van der Waals surface area contributed by atoms with E-state index in [1.807, 2.05) is 7.05 Å². The van der Waals surface area contributed by atoms with E-state index in [-0.39, 0.29) is 0 Å². The van der Waals surface area contributed by atoms with Gasteiger partial charge < -0.3 is 21.1 Å². The van der Waals surface area contributed by atoms with E-state index in [9.17, 15) is 9.59 Å². The molecule has 4 N–H and O–H groups in total. The molecule has 0 aromatic carbocycles. The van der Waals surface area contributed by atoms with Crippen LogP contribution in [0.1, 0.15) is 19.3 Å². The van der Waals surface area contributed by atoms with Crippen LogP contribution in [0, 0.1) is 0 Å². The zero-order chi connectivity index (χ0) is 11.7. The Hall–Kier alpha value is -1.30. The molecule has 0 saturated carbocycles. The van der Waals surface area contributed by atoms with E-state index < -0.39 is 18.0 Å². The molecule has 6 nitrogen and oxygen atoms in total. The molecule has 0 aliphatic heterocycles. The molecule has 0 radical (unpaired) electrons. The largest absolute Gasteiger partial charge is 0.480 e. The van der Waals surface area contributed by atoms with Gasteiger partial charge in [-0.1, -0.05) is 0 Å². The average Bonchev–Trinajstić information content (AvgIpc) is 2.21. The summed E-state index contributed by atoms with van der Waals surface area (Å²) in [5, 5.41) is 16.5. The average molecular weight is 217 g/mol. The third kappa shape index (κ3) is 6.73. The van der Waals surface area contributed by atoms with Crippen molar-refractivity contribution in [2.24, 2.45) is 0 Å². The fourth-order valence-corrected chi connectivity index (χ4v) is 1.14. The van der Waals surface area contributed by atoms with Gasteiger partial charge in [0.05, 0.1) is 0 Å². The third-order valence-corrected chi connectivity index (χ3v) is 2.00. The number of carbonyl (C=O) groups excluding carboxylic acids is 1. The van der Waals surface area contributed by atoms with Crippen LogP contribution in [-0.2, 0) is 4.79 Å². The Balaban J connectivity index is 3.84. The quantitative estimate of drug-likeness (QED) is 0.443. The van der Waals surface area contributed by atoms with Crippen LogP contribution in [0.25, 0.3) is 0 Å². The Labute approximate surface area is 89.4 Å². The minimum atomic E-state index is -0.997. The van der Waals surface area contributed by atoms with Crippen LogP contribution in [0.5, 0.6) is 0 Å². The van der Waals surface area contributed by atoms with Crippen LogP contribution in [-0.4, -0.2) is 43.8 Å². The maximum absolute atomic E-state index is 10.9. The number of rotatable bonds is 7. The van der Waals surface area contributed by atoms with Crippen molar-refractivity contribution in [3.05, 3.63) is 0 Å². The number of amides is 2. The van der Waals surface area contributed by atoms with Crippen molar-refractivity contribution >= 4 is 12.0 Å². The highest BCUT2D eigenvalue weighted by atomic mass is 16.4. The first-order chi connectivity index (χ1) is 7.11. The van der Waals surface area contributed by atoms with Gasteiger partial charge in [0.2, 0.25) is 0 Å². The van der Waals surface area contributed by atoms with Crippen molar-refractivity contribution in [2.45, 2.75) is 25.3 Å². The molecular weight excluding hydrogens is 198 g/mol. The molecule has 0 aliphatic carbocycles. The summed E-state index contributed by atoms with van der Waals surface area (Å²) in [5.74, 6) is -0.997. The summed E-state index contributed by atoms with van der Waals surface area (Å²) in [6.07, 6.45) is 2.11.